The molecular formula is C26H32ClN7O4. The molecule has 1 aromatic carbocycles. The van der Waals surface area contributed by atoms with Gasteiger partial charge < -0.3 is 24.6 Å². The fourth-order valence-electron chi connectivity index (χ4n) is 5.07. The number of aliphatic hydroxyl groups excluding tert-OH is 1. The maximum atomic E-state index is 12.0. The second-order valence-corrected chi connectivity index (χ2v) is 10.1. The lowest BCUT2D eigenvalue weighted by Crippen LogP contribution is -2.36. The van der Waals surface area contributed by atoms with Crippen molar-refractivity contribution >= 4 is 35.6 Å². The monoisotopic (exact) mass is 541 g/mol. The second-order valence-electron chi connectivity index (χ2n) is 9.66. The molecule has 3 N–H and O–H groups in total. The van der Waals surface area contributed by atoms with Gasteiger partial charge in [-0.2, -0.15) is 0 Å². The Labute approximate surface area is 225 Å². The average Bonchev–Trinajstić information content (AvgIpc) is 3.67. The standard InChI is InChI=1S/C14H16ClN3O2.C12H16N4O2/c1-2-13-16-17-14(20-13)9-5-10(15)7-11(6-9)18-4-3-12(19)8-18;17-8-15-6-3-9(4-7-15)16-10-2-1-5-13-11(10)14-12(16)18/h5-7,12,19H,2-4,8H2,1H3;1-2,8-9,13H,3-7H2,(H,14,18). The molecule has 0 spiro atoms. The Bertz CT molecular complexity index is 1360. The zero-order valence-corrected chi connectivity index (χ0v) is 22.0. The number of aromatic nitrogens is 4. The number of halogens is 1. The number of nitrogens with zero attached hydrogens (tertiary/aromatic N) is 5. The summed E-state index contributed by atoms with van der Waals surface area (Å²) >= 11 is 6.18. The fourth-order valence-corrected chi connectivity index (χ4v) is 5.30. The summed E-state index contributed by atoms with van der Waals surface area (Å²) in [4.78, 5) is 29.4. The smallest absolute Gasteiger partial charge is 0.327 e. The van der Waals surface area contributed by atoms with Gasteiger partial charge in [-0.3, -0.25) is 14.3 Å². The van der Waals surface area contributed by atoms with Gasteiger partial charge in [0.1, 0.15) is 5.82 Å². The normalized spacial score (nSPS) is 19.1. The number of anilines is 2. The molecule has 0 aliphatic carbocycles. The van der Waals surface area contributed by atoms with Crippen LogP contribution in [0.25, 0.3) is 17.5 Å². The number of H-pyrrole nitrogens is 1. The number of rotatable bonds is 5. The lowest BCUT2D eigenvalue weighted by molar-refractivity contribution is -0.119. The van der Waals surface area contributed by atoms with Crippen LogP contribution in [-0.4, -0.2) is 75.0 Å². The van der Waals surface area contributed by atoms with E-state index in [0.717, 1.165) is 74.6 Å². The first-order valence-corrected chi connectivity index (χ1v) is 13.3. The molecule has 3 aliphatic rings. The Morgan fingerprint density at radius 3 is 2.68 bits per heavy atom. The number of fused-ring (bicyclic) bond motifs is 1. The maximum Gasteiger partial charge on any atom is 0.327 e. The van der Waals surface area contributed by atoms with Gasteiger partial charge in [0.15, 0.2) is 0 Å². The quantitative estimate of drug-likeness (QED) is 0.420. The van der Waals surface area contributed by atoms with Gasteiger partial charge in [-0.05, 0) is 43.5 Å². The van der Waals surface area contributed by atoms with E-state index in [1.807, 2.05) is 41.8 Å². The average molecular weight is 542 g/mol. The number of piperidine rings is 1. The summed E-state index contributed by atoms with van der Waals surface area (Å²) in [5.74, 6) is 1.89. The van der Waals surface area contributed by atoms with Gasteiger partial charge in [-0.25, -0.2) is 4.79 Å². The first-order valence-electron chi connectivity index (χ1n) is 13.0. The Morgan fingerprint density at radius 2 is 2.00 bits per heavy atom. The first-order chi connectivity index (χ1) is 18.4. The number of β-amino-alcohol motifs (C(OH)–C–C–N with tert-alkyl or cyclic N) is 1. The summed E-state index contributed by atoms with van der Waals surface area (Å²) in [5, 5.41) is 21.4. The third-order valence-corrected chi connectivity index (χ3v) is 7.30. The maximum absolute atomic E-state index is 12.0. The minimum Gasteiger partial charge on any atom is -0.421 e. The lowest BCUT2D eigenvalue weighted by Gasteiger charge is -2.30. The van der Waals surface area contributed by atoms with Crippen LogP contribution >= 0.6 is 11.6 Å². The van der Waals surface area contributed by atoms with Crippen molar-refractivity contribution in [2.24, 2.45) is 0 Å². The second kappa shape index (κ2) is 11.4. The number of imidazole rings is 1. The highest BCUT2D eigenvalue weighted by atomic mass is 35.5. The predicted octanol–water partition coefficient (Wildman–Crippen LogP) is 2.93. The molecule has 2 saturated heterocycles. The van der Waals surface area contributed by atoms with Crippen LogP contribution < -0.4 is 15.9 Å². The first kappa shape index (κ1) is 26.1. The molecule has 0 radical (unpaired) electrons. The number of likely N-dealkylation sites (tertiary alicyclic amines) is 1. The molecule has 3 aromatic rings. The minimum atomic E-state index is -0.271. The lowest BCUT2D eigenvalue weighted by atomic mass is 10.0. The molecule has 12 heteroatoms. The van der Waals surface area contributed by atoms with E-state index in [1.165, 1.54) is 0 Å². The minimum absolute atomic E-state index is 0.0661. The largest absolute Gasteiger partial charge is 0.421 e. The topological polar surface area (TPSA) is 133 Å². The predicted molar refractivity (Wildman–Crippen MR) is 145 cm³/mol. The van der Waals surface area contributed by atoms with Gasteiger partial charge in [-0.15, -0.1) is 10.2 Å². The molecule has 1 unspecified atom stereocenters. The van der Waals surface area contributed by atoms with Crippen molar-refractivity contribution in [2.45, 2.75) is 44.8 Å². The molecule has 38 heavy (non-hydrogen) atoms. The molecule has 1 atom stereocenters. The fraction of sp³-hybridized carbons (Fsp3) is 0.462. The van der Waals surface area contributed by atoms with Crippen molar-refractivity contribution in [2.75, 3.05) is 42.9 Å². The zero-order chi connectivity index (χ0) is 26.6. The molecular weight excluding hydrogens is 510 g/mol. The van der Waals surface area contributed by atoms with Crippen LogP contribution in [0.4, 0.5) is 11.5 Å². The molecule has 5 heterocycles. The van der Waals surface area contributed by atoms with E-state index in [1.54, 1.807) is 4.90 Å². The summed E-state index contributed by atoms with van der Waals surface area (Å²) < 4.78 is 7.38. The Morgan fingerprint density at radius 1 is 1.18 bits per heavy atom. The van der Waals surface area contributed by atoms with Crippen molar-refractivity contribution in [3.63, 3.8) is 0 Å². The van der Waals surface area contributed by atoms with Crippen molar-refractivity contribution in [3.8, 4) is 11.5 Å². The van der Waals surface area contributed by atoms with Crippen LogP contribution in [0, 0.1) is 0 Å². The molecule has 1 amide bonds. The van der Waals surface area contributed by atoms with E-state index < -0.39 is 0 Å². The van der Waals surface area contributed by atoms with Crippen molar-refractivity contribution in [1.82, 2.24) is 24.6 Å². The highest BCUT2D eigenvalue weighted by Crippen LogP contribution is 2.30. The molecule has 6 rings (SSSR count). The molecule has 0 saturated carbocycles. The van der Waals surface area contributed by atoms with Crippen LogP contribution in [0.5, 0.6) is 0 Å². The Hall–Kier alpha value is -3.57. The van der Waals surface area contributed by atoms with Crippen LogP contribution in [0.2, 0.25) is 5.02 Å². The molecule has 2 aromatic heterocycles. The molecule has 0 bridgehead atoms. The van der Waals surface area contributed by atoms with Crippen LogP contribution in [0.3, 0.4) is 0 Å². The SMILES string of the molecule is CCc1nnc(-c2cc(Cl)cc(N3CCC(O)C3)c2)o1.O=CN1CCC(n2c3c([nH]c2=O)NCC=C3)CC1. The summed E-state index contributed by atoms with van der Waals surface area (Å²) in [5.41, 5.74) is 2.64. The van der Waals surface area contributed by atoms with Crippen LogP contribution in [0.1, 0.15) is 43.8 Å². The number of amides is 1. The number of aromatic amines is 1. The number of carbonyl (C=O) groups is 1. The van der Waals surface area contributed by atoms with E-state index >= 15 is 0 Å². The number of aliphatic hydroxyl groups is 1. The Balaban J connectivity index is 0.000000156. The third kappa shape index (κ3) is 5.63. The van der Waals surface area contributed by atoms with E-state index in [9.17, 15) is 14.7 Å². The van der Waals surface area contributed by atoms with Crippen molar-refractivity contribution in [1.29, 1.82) is 0 Å². The van der Waals surface area contributed by atoms with E-state index in [4.69, 9.17) is 16.0 Å². The van der Waals surface area contributed by atoms with E-state index in [0.29, 0.717) is 29.8 Å². The van der Waals surface area contributed by atoms with Crippen molar-refractivity contribution in [3.05, 3.63) is 51.4 Å². The zero-order valence-electron chi connectivity index (χ0n) is 21.3. The molecule has 3 aliphatic heterocycles. The van der Waals surface area contributed by atoms with E-state index in [-0.39, 0.29) is 17.8 Å². The third-order valence-electron chi connectivity index (χ3n) is 7.08. The summed E-state index contributed by atoms with van der Waals surface area (Å²) in [6.45, 7) is 5.60. The number of benzene rings is 1. The number of hydrogen-bond acceptors (Lipinski definition) is 8. The number of aryl methyl sites for hydroxylation is 1. The molecule has 202 valence electrons. The summed E-state index contributed by atoms with van der Waals surface area (Å²) in [6.07, 6.45) is 7.75. The molecule has 2 fully saturated rings. The van der Waals surface area contributed by atoms with Gasteiger partial charge in [0.25, 0.3) is 0 Å². The van der Waals surface area contributed by atoms with Gasteiger partial charge in [-0.1, -0.05) is 24.6 Å². The van der Waals surface area contributed by atoms with E-state index in [2.05, 4.69) is 25.4 Å². The van der Waals surface area contributed by atoms with Crippen LogP contribution in [0.15, 0.2) is 33.5 Å². The highest BCUT2D eigenvalue weighted by Gasteiger charge is 2.25. The summed E-state index contributed by atoms with van der Waals surface area (Å²) in [7, 11) is 0. The van der Waals surface area contributed by atoms with Crippen molar-refractivity contribution < 1.29 is 14.3 Å². The highest BCUT2D eigenvalue weighted by molar-refractivity contribution is 6.31. The van der Waals surface area contributed by atoms with Gasteiger partial charge in [0, 0.05) is 61.5 Å². The number of carbonyl (C=O) groups excluding carboxylic acids is 1. The van der Waals surface area contributed by atoms with Gasteiger partial charge >= 0.3 is 5.69 Å². The summed E-state index contributed by atoms with van der Waals surface area (Å²) in [6, 6.07) is 5.85. The number of hydrogen-bond donors (Lipinski definition) is 3. The van der Waals surface area contributed by atoms with Crippen LogP contribution in [-0.2, 0) is 11.2 Å². The Kier molecular flexibility index (Phi) is 7.85. The van der Waals surface area contributed by atoms with Gasteiger partial charge in [0.05, 0.1) is 11.8 Å². The van der Waals surface area contributed by atoms with Gasteiger partial charge in [0.2, 0.25) is 18.2 Å². The molecule has 11 nitrogen and oxygen atoms in total. The number of nitrogens with one attached hydrogen (secondary N) is 2.